The zero-order valence-electron chi connectivity index (χ0n) is 8.62. The maximum Gasteiger partial charge on any atom is 0.222 e. The molecule has 2 heterocycles. The Morgan fingerprint density at radius 2 is 1.85 bits per heavy atom. The number of carbonyl (C=O) groups excluding carboxylic acids is 1. The van der Waals surface area contributed by atoms with Crippen LogP contribution < -0.4 is 0 Å². The summed E-state index contributed by atoms with van der Waals surface area (Å²) in [6.45, 7) is 6.31. The van der Waals surface area contributed by atoms with Gasteiger partial charge in [0.1, 0.15) is 0 Å². The summed E-state index contributed by atoms with van der Waals surface area (Å²) in [7, 11) is 0. The van der Waals surface area contributed by atoms with Gasteiger partial charge in [0.25, 0.3) is 0 Å². The summed E-state index contributed by atoms with van der Waals surface area (Å²) in [6, 6.07) is 0. The third kappa shape index (κ3) is 1.87. The summed E-state index contributed by atoms with van der Waals surface area (Å²) in [6.07, 6.45) is 3.50. The molecule has 0 spiro atoms. The molecule has 1 saturated carbocycles. The van der Waals surface area contributed by atoms with Crippen LogP contribution in [0.5, 0.6) is 0 Å². The summed E-state index contributed by atoms with van der Waals surface area (Å²) < 4.78 is 0. The Balaban J connectivity index is 1.84. The summed E-state index contributed by atoms with van der Waals surface area (Å²) in [5.41, 5.74) is 0. The molecule has 2 heteroatoms. The average molecular weight is 181 g/mol. The van der Waals surface area contributed by atoms with Crippen molar-refractivity contribution in [1.82, 2.24) is 4.90 Å². The molecule has 3 rings (SSSR count). The van der Waals surface area contributed by atoms with Crippen LogP contribution in [0.4, 0.5) is 0 Å². The maximum atomic E-state index is 11.7. The van der Waals surface area contributed by atoms with Gasteiger partial charge in [-0.15, -0.1) is 0 Å². The third-order valence-electron chi connectivity index (χ3n) is 3.23. The van der Waals surface area contributed by atoms with E-state index >= 15 is 0 Å². The summed E-state index contributed by atoms with van der Waals surface area (Å²) in [5.74, 6) is 2.57. The number of amides is 1. The van der Waals surface area contributed by atoms with E-state index in [1.165, 1.54) is 12.8 Å². The van der Waals surface area contributed by atoms with E-state index in [4.69, 9.17) is 0 Å². The summed E-state index contributed by atoms with van der Waals surface area (Å²) in [4.78, 5) is 13.8. The molecule has 0 N–H and O–H groups in total. The Bertz CT molecular complexity index is 196. The third-order valence-corrected chi connectivity index (χ3v) is 3.23. The molecule has 0 aromatic heterocycles. The minimum atomic E-state index is 0.379. The quantitative estimate of drug-likeness (QED) is 0.637. The fourth-order valence-corrected chi connectivity index (χ4v) is 2.55. The minimum Gasteiger partial charge on any atom is -0.342 e. The number of hydrogen-bond donors (Lipinski definition) is 0. The lowest BCUT2D eigenvalue weighted by molar-refractivity contribution is -0.138. The van der Waals surface area contributed by atoms with Crippen LogP contribution in [0.25, 0.3) is 0 Å². The molecule has 0 unspecified atom stereocenters. The fourth-order valence-electron chi connectivity index (χ4n) is 2.55. The minimum absolute atomic E-state index is 0.379. The second kappa shape index (κ2) is 3.32. The van der Waals surface area contributed by atoms with Crippen molar-refractivity contribution in [3.05, 3.63) is 0 Å². The highest BCUT2D eigenvalue weighted by molar-refractivity contribution is 5.76. The van der Waals surface area contributed by atoms with Gasteiger partial charge in [0.2, 0.25) is 5.91 Å². The van der Waals surface area contributed by atoms with E-state index in [0.717, 1.165) is 31.3 Å². The van der Waals surface area contributed by atoms with E-state index < -0.39 is 0 Å². The van der Waals surface area contributed by atoms with Crippen LogP contribution in [0, 0.1) is 17.8 Å². The van der Waals surface area contributed by atoms with Crippen LogP contribution in [-0.4, -0.2) is 23.9 Å². The van der Waals surface area contributed by atoms with Gasteiger partial charge in [-0.1, -0.05) is 13.8 Å². The van der Waals surface area contributed by atoms with Gasteiger partial charge >= 0.3 is 0 Å². The van der Waals surface area contributed by atoms with E-state index in [2.05, 4.69) is 18.7 Å². The monoisotopic (exact) mass is 181 g/mol. The van der Waals surface area contributed by atoms with Crippen molar-refractivity contribution >= 4 is 5.91 Å². The van der Waals surface area contributed by atoms with Crippen molar-refractivity contribution in [2.24, 2.45) is 17.8 Å². The van der Waals surface area contributed by atoms with Gasteiger partial charge in [0, 0.05) is 19.5 Å². The smallest absolute Gasteiger partial charge is 0.222 e. The highest BCUT2D eigenvalue weighted by Gasteiger charge is 2.38. The van der Waals surface area contributed by atoms with Crippen molar-refractivity contribution in [3.8, 4) is 0 Å². The van der Waals surface area contributed by atoms with Crippen LogP contribution in [-0.2, 0) is 4.79 Å². The molecule has 2 saturated heterocycles. The Morgan fingerprint density at radius 1 is 1.31 bits per heavy atom. The Labute approximate surface area is 80.3 Å². The van der Waals surface area contributed by atoms with Crippen LogP contribution in [0.15, 0.2) is 0 Å². The molecule has 0 aromatic rings. The van der Waals surface area contributed by atoms with Crippen molar-refractivity contribution < 1.29 is 4.79 Å². The normalized spacial score (nSPS) is 31.8. The molecular formula is C11H19NO. The lowest BCUT2D eigenvalue weighted by Crippen LogP contribution is -2.51. The zero-order valence-corrected chi connectivity index (χ0v) is 8.62. The van der Waals surface area contributed by atoms with Crippen molar-refractivity contribution in [2.45, 2.75) is 33.1 Å². The van der Waals surface area contributed by atoms with Crippen LogP contribution in [0.1, 0.15) is 33.1 Å². The average Bonchev–Trinajstić information content (AvgIpc) is 2.02. The lowest BCUT2D eigenvalue weighted by Gasteiger charge is -2.47. The Morgan fingerprint density at radius 3 is 2.31 bits per heavy atom. The van der Waals surface area contributed by atoms with Gasteiger partial charge in [-0.25, -0.2) is 0 Å². The van der Waals surface area contributed by atoms with Gasteiger partial charge in [-0.2, -0.15) is 0 Å². The molecule has 2 nitrogen and oxygen atoms in total. The topological polar surface area (TPSA) is 20.3 Å². The van der Waals surface area contributed by atoms with E-state index in [1.54, 1.807) is 0 Å². The molecule has 0 atom stereocenters. The second-order valence-electron chi connectivity index (χ2n) is 5.10. The molecule has 3 fully saturated rings. The number of fused-ring (bicyclic) bond motifs is 2. The molecular weight excluding hydrogens is 162 g/mol. The highest BCUT2D eigenvalue weighted by atomic mass is 16.2. The predicted octanol–water partition coefficient (Wildman–Crippen LogP) is 1.90. The molecule has 2 aliphatic heterocycles. The highest BCUT2D eigenvalue weighted by Crippen LogP contribution is 2.39. The molecule has 1 aliphatic carbocycles. The standard InChI is InChI=1S/C11H19NO/c1-8(2)3-11(13)12-6-9-4-10(5-9)7-12/h8-10H,3-7H2,1-2H3. The molecule has 2 bridgehead atoms. The molecule has 3 aliphatic rings. The number of piperidine rings is 2. The van der Waals surface area contributed by atoms with Gasteiger partial charge in [-0.3, -0.25) is 4.79 Å². The van der Waals surface area contributed by atoms with E-state index in [0.29, 0.717) is 11.8 Å². The summed E-state index contributed by atoms with van der Waals surface area (Å²) in [5, 5.41) is 0. The second-order valence-corrected chi connectivity index (χ2v) is 5.10. The van der Waals surface area contributed by atoms with Crippen molar-refractivity contribution in [1.29, 1.82) is 0 Å². The first-order valence-corrected chi connectivity index (χ1v) is 5.43. The van der Waals surface area contributed by atoms with Gasteiger partial charge < -0.3 is 4.90 Å². The van der Waals surface area contributed by atoms with Gasteiger partial charge in [0.15, 0.2) is 0 Å². The number of rotatable bonds is 2. The summed E-state index contributed by atoms with van der Waals surface area (Å²) >= 11 is 0. The maximum absolute atomic E-state index is 11.7. The molecule has 0 aromatic carbocycles. The van der Waals surface area contributed by atoms with Crippen LogP contribution >= 0.6 is 0 Å². The van der Waals surface area contributed by atoms with Gasteiger partial charge in [0.05, 0.1) is 0 Å². The number of hydrogen-bond acceptors (Lipinski definition) is 1. The molecule has 1 amide bonds. The Kier molecular flexibility index (Phi) is 2.31. The van der Waals surface area contributed by atoms with Crippen molar-refractivity contribution in [3.63, 3.8) is 0 Å². The van der Waals surface area contributed by atoms with E-state index in [-0.39, 0.29) is 0 Å². The lowest BCUT2D eigenvalue weighted by atomic mass is 9.71. The van der Waals surface area contributed by atoms with Crippen LogP contribution in [0.3, 0.4) is 0 Å². The SMILES string of the molecule is CC(C)CC(=O)N1CC2CC(C2)C1. The first kappa shape index (κ1) is 9.04. The molecule has 0 radical (unpaired) electrons. The Hall–Kier alpha value is -0.530. The number of carbonyl (C=O) groups is 1. The largest absolute Gasteiger partial charge is 0.342 e. The van der Waals surface area contributed by atoms with Gasteiger partial charge in [-0.05, 0) is 30.6 Å². The first-order valence-electron chi connectivity index (χ1n) is 5.43. The van der Waals surface area contributed by atoms with E-state index in [9.17, 15) is 4.79 Å². The van der Waals surface area contributed by atoms with Crippen molar-refractivity contribution in [2.75, 3.05) is 13.1 Å². The first-order chi connectivity index (χ1) is 6.15. The number of nitrogens with zero attached hydrogens (tertiary/aromatic N) is 1. The van der Waals surface area contributed by atoms with E-state index in [1.807, 2.05) is 0 Å². The fraction of sp³-hybridized carbons (Fsp3) is 0.909. The predicted molar refractivity (Wildman–Crippen MR) is 52.2 cm³/mol. The molecule has 13 heavy (non-hydrogen) atoms. The molecule has 74 valence electrons. The van der Waals surface area contributed by atoms with Crippen LogP contribution in [0.2, 0.25) is 0 Å². The zero-order chi connectivity index (χ0) is 9.42.